The minimum atomic E-state index is -3.82. The fraction of sp³-hybridized carbons (Fsp3) is 0.208. The van der Waals surface area contributed by atoms with Crippen LogP contribution >= 0.6 is 22.9 Å². The lowest BCUT2D eigenvalue weighted by atomic mass is 10.1. The van der Waals surface area contributed by atoms with Gasteiger partial charge in [0.05, 0.1) is 20.9 Å². The molecule has 2 heterocycles. The first-order chi connectivity index (χ1) is 16.7. The molecule has 1 saturated carbocycles. The summed E-state index contributed by atoms with van der Waals surface area (Å²) in [6.45, 7) is 0. The van der Waals surface area contributed by atoms with Crippen LogP contribution in [0.15, 0.2) is 63.9 Å². The maximum atomic E-state index is 14.9. The van der Waals surface area contributed by atoms with Gasteiger partial charge in [-0.1, -0.05) is 17.7 Å². The highest BCUT2D eigenvalue weighted by Crippen LogP contribution is 2.27. The average molecular weight is 532 g/mol. The van der Waals surface area contributed by atoms with Crippen LogP contribution in [0.5, 0.6) is 0 Å². The number of benzene rings is 2. The minimum absolute atomic E-state index is 0.0102. The van der Waals surface area contributed by atoms with Crippen molar-refractivity contribution < 1.29 is 17.6 Å². The normalized spacial score (nSPS) is 13.8. The van der Waals surface area contributed by atoms with Gasteiger partial charge in [-0.3, -0.25) is 14.2 Å². The third-order valence-electron chi connectivity index (χ3n) is 5.59. The number of hydrogen-bond donors (Lipinski definition) is 1. The number of fused-ring (bicyclic) bond motifs is 1. The van der Waals surface area contributed by atoms with Gasteiger partial charge in [-0.2, -0.15) is 0 Å². The Morgan fingerprint density at radius 2 is 1.97 bits per heavy atom. The predicted octanol–water partition coefficient (Wildman–Crippen LogP) is 4.40. The summed E-state index contributed by atoms with van der Waals surface area (Å²) < 4.78 is 41.1. The van der Waals surface area contributed by atoms with Crippen LogP contribution in [-0.2, 0) is 21.1 Å². The van der Waals surface area contributed by atoms with Crippen LogP contribution in [0, 0.1) is 5.82 Å². The topological polar surface area (TPSA) is 98.1 Å². The lowest BCUT2D eigenvalue weighted by Gasteiger charge is -2.10. The Hall–Kier alpha value is -3.08. The van der Waals surface area contributed by atoms with Crippen LogP contribution in [-0.4, -0.2) is 35.5 Å². The molecule has 1 N–H and O–H groups in total. The number of hydrogen-bond acceptors (Lipinski definition) is 7. The van der Waals surface area contributed by atoms with Crippen LogP contribution in [0.4, 0.5) is 10.1 Å². The molecule has 7 nitrogen and oxygen atoms in total. The molecule has 180 valence electrons. The molecule has 35 heavy (non-hydrogen) atoms. The zero-order chi connectivity index (χ0) is 24.7. The van der Waals surface area contributed by atoms with E-state index in [2.05, 4.69) is 10.3 Å². The van der Waals surface area contributed by atoms with Crippen molar-refractivity contribution in [3.05, 3.63) is 80.9 Å². The molecule has 0 saturated heterocycles. The van der Waals surface area contributed by atoms with Gasteiger partial charge in [0.25, 0.3) is 5.56 Å². The molecule has 0 atom stereocenters. The van der Waals surface area contributed by atoms with Gasteiger partial charge in [-0.05, 0) is 60.9 Å². The Morgan fingerprint density at radius 1 is 1.17 bits per heavy atom. The van der Waals surface area contributed by atoms with Crippen molar-refractivity contribution in [3.63, 3.8) is 0 Å². The van der Waals surface area contributed by atoms with Crippen molar-refractivity contribution in [1.29, 1.82) is 0 Å². The Morgan fingerprint density at radius 3 is 2.66 bits per heavy atom. The first kappa shape index (κ1) is 23.7. The molecular formula is C24H19ClFN3O4S2. The van der Waals surface area contributed by atoms with E-state index in [1.54, 1.807) is 18.2 Å². The largest absolute Gasteiger partial charge is 0.382 e. The molecular weight excluding hydrogens is 513 g/mol. The second kappa shape index (κ2) is 9.18. The molecule has 2 aromatic heterocycles. The summed E-state index contributed by atoms with van der Waals surface area (Å²) in [5.74, 6) is -2.01. The van der Waals surface area contributed by atoms with E-state index in [0.29, 0.717) is 26.8 Å². The number of aromatic nitrogens is 2. The van der Waals surface area contributed by atoms with E-state index < -0.39 is 32.7 Å². The monoisotopic (exact) mass is 531 g/mol. The van der Waals surface area contributed by atoms with Gasteiger partial charge in [0, 0.05) is 18.2 Å². The molecule has 1 aliphatic rings. The van der Waals surface area contributed by atoms with Crippen molar-refractivity contribution >= 4 is 55.1 Å². The second-order valence-corrected chi connectivity index (χ2v) is 12.3. The zero-order valence-corrected chi connectivity index (χ0v) is 20.6. The number of carbonyl (C=O) groups excluding carboxylic acids is 1. The van der Waals surface area contributed by atoms with Gasteiger partial charge >= 0.3 is 0 Å². The lowest BCUT2D eigenvalue weighted by molar-refractivity contribution is -0.116. The number of carbonyl (C=O) groups is 1. The minimum Gasteiger partial charge on any atom is -0.382 e. The molecule has 5 rings (SSSR count). The number of rotatable bonds is 8. The van der Waals surface area contributed by atoms with E-state index in [1.807, 2.05) is 0 Å². The fourth-order valence-electron chi connectivity index (χ4n) is 3.73. The van der Waals surface area contributed by atoms with Crippen LogP contribution in [0.3, 0.4) is 0 Å². The van der Waals surface area contributed by atoms with E-state index in [0.717, 1.165) is 40.5 Å². The van der Waals surface area contributed by atoms with Crippen molar-refractivity contribution in [1.82, 2.24) is 9.55 Å². The summed E-state index contributed by atoms with van der Waals surface area (Å²) in [5.41, 5.74) is 1.26. The molecule has 0 amide bonds. The van der Waals surface area contributed by atoms with Crippen molar-refractivity contribution in [2.45, 2.75) is 29.5 Å². The third kappa shape index (κ3) is 5.14. The lowest BCUT2D eigenvalue weighted by Crippen LogP contribution is -2.20. The quantitative estimate of drug-likeness (QED) is 0.362. The summed E-state index contributed by atoms with van der Waals surface area (Å²) in [6.07, 6.45) is 3.24. The number of Topliss-reactive ketones (excluding diaryl/α,β-unsaturated/α-hetero) is 1. The van der Waals surface area contributed by atoms with Crippen molar-refractivity contribution in [2.75, 3.05) is 11.1 Å². The number of nitrogens with zero attached hydrogens (tertiary/aromatic N) is 2. The predicted molar refractivity (Wildman–Crippen MR) is 134 cm³/mol. The molecule has 2 aromatic carbocycles. The van der Waals surface area contributed by atoms with Crippen LogP contribution < -0.4 is 10.9 Å². The molecule has 0 radical (unpaired) electrons. The van der Waals surface area contributed by atoms with Gasteiger partial charge in [0.2, 0.25) is 0 Å². The maximum absolute atomic E-state index is 14.9. The van der Waals surface area contributed by atoms with Gasteiger partial charge < -0.3 is 5.32 Å². The Balaban J connectivity index is 1.35. The standard InChI is InChI=1S/C24H19ClFN3O4S2/c25-22-7-8-23(34-22)35(32,33)12-17(30)9-14-1-6-21(19(26)10-14)29-13-27-20-11-16(28-15-2-3-15)4-5-18(20)24(29)31/h1,4-8,10-11,13,15,28H,2-3,9,12H2. The maximum Gasteiger partial charge on any atom is 0.265 e. The molecule has 0 bridgehead atoms. The summed E-state index contributed by atoms with van der Waals surface area (Å²) in [7, 11) is -3.82. The summed E-state index contributed by atoms with van der Waals surface area (Å²) in [4.78, 5) is 29.7. The summed E-state index contributed by atoms with van der Waals surface area (Å²) in [6, 6.07) is 12.5. The first-order valence-corrected chi connectivity index (χ1v) is 13.6. The van der Waals surface area contributed by atoms with E-state index in [1.165, 1.54) is 30.6 Å². The number of ketones is 1. The van der Waals surface area contributed by atoms with E-state index in [4.69, 9.17) is 11.6 Å². The number of anilines is 1. The summed E-state index contributed by atoms with van der Waals surface area (Å²) in [5, 5.41) is 3.70. The first-order valence-electron chi connectivity index (χ1n) is 10.8. The Labute approximate surface area is 209 Å². The highest BCUT2D eigenvalue weighted by atomic mass is 35.5. The molecule has 0 unspecified atom stereocenters. The molecule has 1 fully saturated rings. The van der Waals surface area contributed by atoms with Crippen LogP contribution in [0.2, 0.25) is 4.34 Å². The SMILES string of the molecule is O=C(Cc1ccc(-n2cnc3cc(NC4CC4)ccc3c2=O)c(F)c1)CS(=O)(=O)c1ccc(Cl)s1. The number of thiophene rings is 1. The number of nitrogens with one attached hydrogen (secondary N) is 1. The number of halogens is 2. The smallest absolute Gasteiger partial charge is 0.265 e. The Kier molecular flexibility index (Phi) is 6.20. The molecule has 11 heteroatoms. The molecule has 1 aliphatic carbocycles. The van der Waals surface area contributed by atoms with Gasteiger partial charge in [-0.25, -0.2) is 17.8 Å². The summed E-state index contributed by atoms with van der Waals surface area (Å²) >= 11 is 6.66. The zero-order valence-electron chi connectivity index (χ0n) is 18.2. The van der Waals surface area contributed by atoms with Gasteiger partial charge in [-0.15, -0.1) is 11.3 Å². The Bertz CT molecular complexity index is 1630. The van der Waals surface area contributed by atoms with E-state index >= 15 is 0 Å². The second-order valence-electron chi connectivity index (χ2n) is 8.39. The van der Waals surface area contributed by atoms with Crippen LogP contribution in [0.25, 0.3) is 16.6 Å². The highest BCUT2D eigenvalue weighted by Gasteiger charge is 2.22. The van der Waals surface area contributed by atoms with Gasteiger partial charge in [0.15, 0.2) is 15.6 Å². The third-order valence-corrected chi connectivity index (χ3v) is 9.08. The highest BCUT2D eigenvalue weighted by molar-refractivity contribution is 7.94. The number of sulfone groups is 1. The van der Waals surface area contributed by atoms with Crippen molar-refractivity contribution in [2.24, 2.45) is 0 Å². The van der Waals surface area contributed by atoms with Crippen LogP contribution in [0.1, 0.15) is 18.4 Å². The molecule has 4 aromatic rings. The van der Waals surface area contributed by atoms with E-state index in [9.17, 15) is 22.4 Å². The van der Waals surface area contributed by atoms with Gasteiger partial charge in [0.1, 0.15) is 22.1 Å². The molecule has 0 aliphatic heterocycles. The van der Waals surface area contributed by atoms with Crippen molar-refractivity contribution in [3.8, 4) is 5.69 Å². The molecule has 0 spiro atoms. The average Bonchev–Trinajstić information content (AvgIpc) is 3.49. The van der Waals surface area contributed by atoms with E-state index in [-0.39, 0.29) is 16.3 Å². The fourth-order valence-corrected chi connectivity index (χ4v) is 6.54.